The van der Waals surface area contributed by atoms with E-state index in [4.69, 9.17) is 23.2 Å². The second-order valence-corrected chi connectivity index (χ2v) is 11.9. The van der Waals surface area contributed by atoms with Crippen molar-refractivity contribution in [2.24, 2.45) is 0 Å². The van der Waals surface area contributed by atoms with Crippen molar-refractivity contribution in [2.75, 3.05) is 23.7 Å². The van der Waals surface area contributed by atoms with Crippen molar-refractivity contribution < 1.29 is 31.2 Å². The Hall–Kier alpha value is -3.28. The number of halogens is 5. The van der Waals surface area contributed by atoms with Crippen LogP contribution in [0.4, 0.5) is 18.9 Å². The first-order valence-corrected chi connectivity index (χ1v) is 15.0. The fraction of sp³-hybridized carbons (Fsp3) is 0.286. The van der Waals surface area contributed by atoms with Gasteiger partial charge in [-0.05, 0) is 48.4 Å². The molecule has 3 aromatic carbocycles. The van der Waals surface area contributed by atoms with E-state index in [9.17, 15) is 31.2 Å². The summed E-state index contributed by atoms with van der Waals surface area (Å²) in [6, 6.07) is 16.1. The number of anilines is 1. The minimum atomic E-state index is -4.73. The zero-order chi connectivity index (χ0) is 30.4. The number of alkyl halides is 3. The van der Waals surface area contributed by atoms with E-state index in [1.807, 2.05) is 0 Å². The van der Waals surface area contributed by atoms with Crippen molar-refractivity contribution in [3.8, 4) is 0 Å². The number of nitrogens with zero attached hydrogens (tertiary/aromatic N) is 2. The van der Waals surface area contributed by atoms with E-state index in [1.54, 1.807) is 43.3 Å². The van der Waals surface area contributed by atoms with Gasteiger partial charge in [-0.2, -0.15) is 13.2 Å². The van der Waals surface area contributed by atoms with E-state index in [0.29, 0.717) is 15.9 Å². The molecule has 0 aliphatic heterocycles. The SMILES string of the molecule is CCNC(=O)[C@@H](Cc1ccccc1)N(Cc1ccc(Cl)c(Cl)c1)C(=O)CN(c1cccc(C(F)(F)F)c1)S(C)(=O)=O. The third kappa shape index (κ3) is 8.85. The molecule has 0 radical (unpaired) electrons. The molecular weight excluding hydrogens is 602 g/mol. The molecule has 0 aliphatic rings. The van der Waals surface area contributed by atoms with Gasteiger partial charge in [-0.25, -0.2) is 8.42 Å². The van der Waals surface area contributed by atoms with Gasteiger partial charge in [0, 0.05) is 19.5 Å². The first kappa shape index (κ1) is 32.2. The van der Waals surface area contributed by atoms with Gasteiger partial charge in [0.2, 0.25) is 21.8 Å². The Morgan fingerprint density at radius 2 is 1.61 bits per heavy atom. The number of amides is 2. The Morgan fingerprint density at radius 1 is 0.927 bits per heavy atom. The number of sulfonamides is 1. The summed E-state index contributed by atoms with van der Waals surface area (Å²) in [5.41, 5.74) is -0.190. The van der Waals surface area contributed by atoms with Crippen molar-refractivity contribution in [3.05, 3.63) is 99.5 Å². The van der Waals surface area contributed by atoms with Crippen molar-refractivity contribution >= 4 is 50.7 Å². The molecule has 0 saturated heterocycles. The van der Waals surface area contributed by atoms with Gasteiger partial charge in [0.1, 0.15) is 12.6 Å². The Kier molecular flexibility index (Phi) is 10.7. The average molecular weight is 631 g/mol. The third-order valence-electron chi connectivity index (χ3n) is 6.10. The highest BCUT2D eigenvalue weighted by Crippen LogP contribution is 2.32. The van der Waals surface area contributed by atoms with E-state index in [1.165, 1.54) is 17.0 Å². The van der Waals surface area contributed by atoms with E-state index < -0.39 is 46.2 Å². The van der Waals surface area contributed by atoms with Crippen LogP contribution in [0.5, 0.6) is 0 Å². The van der Waals surface area contributed by atoms with Crippen molar-refractivity contribution in [1.29, 1.82) is 0 Å². The van der Waals surface area contributed by atoms with Gasteiger partial charge < -0.3 is 10.2 Å². The van der Waals surface area contributed by atoms with E-state index in [-0.39, 0.29) is 35.2 Å². The highest BCUT2D eigenvalue weighted by atomic mass is 35.5. The second-order valence-electron chi connectivity index (χ2n) is 9.19. The maximum atomic E-state index is 13.9. The van der Waals surface area contributed by atoms with Gasteiger partial charge in [-0.1, -0.05) is 65.7 Å². The van der Waals surface area contributed by atoms with Crippen LogP contribution in [0, 0.1) is 0 Å². The first-order valence-electron chi connectivity index (χ1n) is 12.4. The molecule has 3 rings (SSSR count). The molecule has 1 atom stereocenters. The Balaban J connectivity index is 2.08. The van der Waals surface area contributed by atoms with Crippen molar-refractivity contribution in [3.63, 3.8) is 0 Å². The van der Waals surface area contributed by atoms with Gasteiger partial charge in [0.25, 0.3) is 0 Å². The van der Waals surface area contributed by atoms with Crippen molar-refractivity contribution in [2.45, 2.75) is 32.1 Å². The van der Waals surface area contributed by atoms with Crippen LogP contribution in [0.25, 0.3) is 0 Å². The second kappa shape index (κ2) is 13.6. The zero-order valence-electron chi connectivity index (χ0n) is 22.2. The molecule has 41 heavy (non-hydrogen) atoms. The summed E-state index contributed by atoms with van der Waals surface area (Å²) in [5.74, 6) is -1.30. The number of carbonyl (C=O) groups is 2. The van der Waals surface area contributed by atoms with Crippen LogP contribution in [0.1, 0.15) is 23.6 Å². The average Bonchev–Trinajstić information content (AvgIpc) is 2.90. The van der Waals surface area contributed by atoms with Crippen LogP contribution in [0.2, 0.25) is 10.0 Å². The largest absolute Gasteiger partial charge is 0.416 e. The summed E-state index contributed by atoms with van der Waals surface area (Å²) in [6.45, 7) is 0.955. The van der Waals surface area contributed by atoms with Gasteiger partial charge in [-0.3, -0.25) is 13.9 Å². The summed E-state index contributed by atoms with van der Waals surface area (Å²) in [4.78, 5) is 28.4. The summed E-state index contributed by atoms with van der Waals surface area (Å²) in [6.07, 6.45) is -3.86. The summed E-state index contributed by atoms with van der Waals surface area (Å²) < 4.78 is 66.3. The molecule has 0 bridgehead atoms. The lowest BCUT2D eigenvalue weighted by atomic mass is 10.0. The van der Waals surface area contributed by atoms with Crippen LogP contribution in [-0.4, -0.2) is 50.5 Å². The normalized spacial score (nSPS) is 12.5. The lowest BCUT2D eigenvalue weighted by molar-refractivity contribution is -0.140. The molecule has 7 nitrogen and oxygen atoms in total. The van der Waals surface area contributed by atoms with Crippen LogP contribution >= 0.6 is 23.2 Å². The summed E-state index contributed by atoms with van der Waals surface area (Å²) in [7, 11) is -4.23. The van der Waals surface area contributed by atoms with Gasteiger partial charge in [0.15, 0.2) is 0 Å². The van der Waals surface area contributed by atoms with Crippen LogP contribution < -0.4 is 9.62 Å². The molecule has 0 fully saturated rings. The Morgan fingerprint density at radius 3 is 2.20 bits per heavy atom. The molecule has 2 amide bonds. The molecule has 13 heteroatoms. The lowest BCUT2D eigenvalue weighted by Crippen LogP contribution is -2.53. The quantitative estimate of drug-likeness (QED) is 0.301. The van der Waals surface area contributed by atoms with Crippen LogP contribution in [0.3, 0.4) is 0 Å². The molecule has 0 aliphatic carbocycles. The number of benzene rings is 3. The highest BCUT2D eigenvalue weighted by Gasteiger charge is 2.35. The molecule has 0 heterocycles. The van der Waals surface area contributed by atoms with E-state index in [2.05, 4.69) is 5.32 Å². The minimum Gasteiger partial charge on any atom is -0.355 e. The number of carbonyl (C=O) groups excluding carboxylic acids is 2. The zero-order valence-corrected chi connectivity index (χ0v) is 24.5. The van der Waals surface area contributed by atoms with Crippen LogP contribution in [-0.2, 0) is 38.8 Å². The van der Waals surface area contributed by atoms with Gasteiger partial charge in [-0.15, -0.1) is 0 Å². The molecule has 3 aromatic rings. The predicted octanol–water partition coefficient (Wildman–Crippen LogP) is 5.55. The number of likely N-dealkylation sites (N-methyl/N-ethyl adjacent to an activating group) is 1. The fourth-order valence-corrected chi connectivity index (χ4v) is 5.29. The number of rotatable bonds is 11. The minimum absolute atomic E-state index is 0.0855. The number of nitrogens with one attached hydrogen (secondary N) is 1. The van der Waals surface area contributed by atoms with Crippen LogP contribution in [0.15, 0.2) is 72.8 Å². The predicted molar refractivity (Wildman–Crippen MR) is 153 cm³/mol. The summed E-state index contributed by atoms with van der Waals surface area (Å²) >= 11 is 12.2. The topological polar surface area (TPSA) is 86.8 Å². The molecular formula is C28H28Cl2F3N3O4S. The molecule has 1 N–H and O–H groups in total. The standard InChI is InChI=1S/C28H28Cl2F3N3O4S/c1-3-34-27(38)25(15-19-8-5-4-6-9-19)35(17-20-12-13-23(29)24(30)14-20)26(37)18-36(41(2,39)40)22-11-7-10-21(16-22)28(31,32)33/h4-14,16,25H,3,15,17-18H2,1-2H3,(H,34,38)/t25-/m1/s1. The summed E-state index contributed by atoms with van der Waals surface area (Å²) in [5, 5.41) is 3.18. The van der Waals surface area contributed by atoms with Crippen molar-refractivity contribution in [1.82, 2.24) is 10.2 Å². The number of hydrogen-bond acceptors (Lipinski definition) is 4. The third-order valence-corrected chi connectivity index (χ3v) is 7.98. The Labute approximate surface area is 246 Å². The molecule has 0 aromatic heterocycles. The molecule has 220 valence electrons. The monoisotopic (exact) mass is 629 g/mol. The Bertz CT molecular complexity index is 1490. The molecule has 0 unspecified atom stereocenters. The highest BCUT2D eigenvalue weighted by molar-refractivity contribution is 7.92. The molecule has 0 spiro atoms. The fourth-order valence-electron chi connectivity index (χ4n) is 4.13. The maximum absolute atomic E-state index is 13.9. The number of hydrogen-bond donors (Lipinski definition) is 1. The molecule has 0 saturated carbocycles. The van der Waals surface area contributed by atoms with E-state index in [0.717, 1.165) is 30.0 Å². The maximum Gasteiger partial charge on any atom is 0.416 e. The smallest absolute Gasteiger partial charge is 0.355 e. The first-order chi connectivity index (χ1) is 19.2. The lowest BCUT2D eigenvalue weighted by Gasteiger charge is -2.33. The van der Waals surface area contributed by atoms with Gasteiger partial charge in [0.05, 0.1) is 27.6 Å². The van der Waals surface area contributed by atoms with E-state index >= 15 is 0 Å². The van der Waals surface area contributed by atoms with Gasteiger partial charge >= 0.3 is 6.18 Å².